The molecule has 0 radical (unpaired) electrons. The van der Waals surface area contributed by atoms with Gasteiger partial charge < -0.3 is 28.9 Å². The molecule has 1 aliphatic heterocycles. The van der Waals surface area contributed by atoms with Gasteiger partial charge in [0.2, 0.25) is 0 Å². The Balaban J connectivity index is 1.35. The molecule has 1 aliphatic rings. The monoisotopic (exact) mass is 637 g/mol. The normalized spacial score (nSPS) is 13.1. The highest BCUT2D eigenvalue weighted by Gasteiger charge is 2.34. The Labute approximate surface area is 266 Å². The summed E-state index contributed by atoms with van der Waals surface area (Å²) in [6.07, 6.45) is -0.696. The van der Waals surface area contributed by atoms with Crippen molar-refractivity contribution in [2.24, 2.45) is 7.05 Å². The molecule has 2 aromatic heterocycles. The first-order chi connectivity index (χ1) is 22.8. The first-order valence-corrected chi connectivity index (χ1v) is 15.0. The van der Waals surface area contributed by atoms with E-state index in [0.717, 1.165) is 28.6 Å². The van der Waals surface area contributed by atoms with Gasteiger partial charge in [0, 0.05) is 52.8 Å². The summed E-state index contributed by atoms with van der Waals surface area (Å²) >= 11 is 0. The number of pyridine rings is 1. The number of nitrogens with zero attached hydrogens (tertiary/aromatic N) is 1. The zero-order chi connectivity index (χ0) is 32.7. The topological polar surface area (TPSA) is 115 Å². The molecular weight excluding hydrogens is 608 g/mol. The number of ether oxygens (including phenoxy) is 3. The van der Waals surface area contributed by atoms with E-state index in [4.69, 9.17) is 14.2 Å². The molecule has 0 fully saturated rings. The number of hydrogen-bond acceptors (Lipinski definition) is 6. The van der Waals surface area contributed by atoms with Crippen LogP contribution < -0.4 is 20.3 Å². The lowest BCUT2D eigenvalue weighted by atomic mass is 9.84. The Morgan fingerprint density at radius 3 is 2.51 bits per heavy atom. The molecule has 0 saturated heterocycles. The van der Waals surface area contributed by atoms with E-state index in [1.807, 2.05) is 36.4 Å². The van der Waals surface area contributed by atoms with Crippen molar-refractivity contribution in [3.05, 3.63) is 129 Å². The molecular formula is C36H29F2N3O6. The van der Waals surface area contributed by atoms with E-state index in [-0.39, 0.29) is 30.0 Å². The lowest BCUT2D eigenvalue weighted by molar-refractivity contribution is 0.163. The molecule has 7 rings (SSSR count). The number of anilines is 1. The Morgan fingerprint density at radius 2 is 1.70 bits per heavy atom. The number of rotatable bonds is 7. The van der Waals surface area contributed by atoms with E-state index in [9.17, 15) is 23.5 Å². The molecule has 3 heterocycles. The van der Waals surface area contributed by atoms with Crippen LogP contribution in [0.2, 0.25) is 0 Å². The average molecular weight is 638 g/mol. The molecule has 1 atom stereocenters. The second kappa shape index (κ2) is 12.2. The van der Waals surface area contributed by atoms with Gasteiger partial charge in [-0.05, 0) is 42.0 Å². The lowest BCUT2D eigenvalue weighted by Crippen LogP contribution is -2.26. The van der Waals surface area contributed by atoms with Gasteiger partial charge in [0.25, 0.3) is 5.56 Å². The Morgan fingerprint density at radius 1 is 0.979 bits per heavy atom. The van der Waals surface area contributed by atoms with E-state index in [1.54, 1.807) is 37.4 Å². The molecule has 4 aromatic carbocycles. The summed E-state index contributed by atoms with van der Waals surface area (Å²) in [5.41, 5.74) is 2.91. The maximum atomic E-state index is 14.2. The highest BCUT2D eigenvalue weighted by Crippen LogP contribution is 2.47. The number of H-pyrrole nitrogens is 1. The quantitative estimate of drug-likeness (QED) is 0.179. The number of nitrogens with one attached hydrogen (secondary N) is 2. The summed E-state index contributed by atoms with van der Waals surface area (Å²) in [5, 5.41) is 15.5. The van der Waals surface area contributed by atoms with E-state index < -0.39 is 29.2 Å². The smallest absolute Gasteiger partial charge is 0.411 e. The van der Waals surface area contributed by atoms with Crippen LogP contribution >= 0.6 is 0 Å². The molecule has 11 heteroatoms. The number of aromatic hydroxyl groups is 1. The van der Waals surface area contributed by atoms with Crippen LogP contribution in [0.4, 0.5) is 19.3 Å². The Bertz CT molecular complexity index is 2210. The zero-order valence-corrected chi connectivity index (χ0v) is 25.2. The summed E-state index contributed by atoms with van der Waals surface area (Å²) in [7, 11) is 1.66. The van der Waals surface area contributed by atoms with Crippen molar-refractivity contribution in [3.63, 3.8) is 0 Å². The number of benzene rings is 4. The molecule has 47 heavy (non-hydrogen) atoms. The van der Waals surface area contributed by atoms with E-state index in [1.165, 1.54) is 4.57 Å². The van der Waals surface area contributed by atoms with Crippen LogP contribution in [-0.4, -0.2) is 40.6 Å². The molecule has 0 aliphatic carbocycles. The van der Waals surface area contributed by atoms with Crippen LogP contribution in [0.1, 0.15) is 28.3 Å². The molecule has 0 saturated carbocycles. The molecule has 3 N–H and O–H groups in total. The zero-order valence-electron chi connectivity index (χ0n) is 25.2. The maximum absolute atomic E-state index is 14.2. The van der Waals surface area contributed by atoms with Gasteiger partial charge in [-0.1, -0.05) is 42.5 Å². The second-order valence-electron chi connectivity index (χ2n) is 11.2. The molecule has 0 spiro atoms. The van der Waals surface area contributed by atoms with Crippen LogP contribution in [0, 0.1) is 11.6 Å². The van der Waals surface area contributed by atoms with Gasteiger partial charge in [-0.25, -0.2) is 13.6 Å². The third-order valence-electron chi connectivity index (χ3n) is 8.34. The van der Waals surface area contributed by atoms with Crippen molar-refractivity contribution >= 4 is 33.6 Å². The lowest BCUT2D eigenvalue weighted by Gasteiger charge is -2.27. The summed E-state index contributed by atoms with van der Waals surface area (Å²) in [6.45, 7) is 0.555. The highest BCUT2D eigenvalue weighted by molar-refractivity contribution is 5.89. The molecule has 238 valence electrons. The number of halogens is 2. The summed E-state index contributed by atoms with van der Waals surface area (Å²) < 4.78 is 46.2. The van der Waals surface area contributed by atoms with Crippen LogP contribution in [0.5, 0.6) is 17.2 Å². The van der Waals surface area contributed by atoms with Gasteiger partial charge in [0.05, 0.1) is 23.6 Å². The number of carbonyl (C=O) groups is 1. The Hall–Kier alpha value is -5.84. The molecule has 0 bridgehead atoms. The number of aromatic nitrogens is 2. The number of amides is 1. The van der Waals surface area contributed by atoms with Gasteiger partial charge in [-0.2, -0.15) is 0 Å². The number of fused-ring (bicyclic) bond motifs is 3. The van der Waals surface area contributed by atoms with Gasteiger partial charge in [-0.3, -0.25) is 10.1 Å². The summed E-state index contributed by atoms with van der Waals surface area (Å²) in [5.74, 6) is -1.72. The SMILES string of the molecule is Cn1c(=O)c(C(c2cccc3c2OCCO3)c2[nH]c3ccccc3c2CCOC(=O)Nc2cc(F)cc(F)c2)c(O)c2ccccc21. The molecule has 1 unspecified atom stereocenters. The van der Waals surface area contributed by atoms with Crippen LogP contribution in [-0.2, 0) is 18.2 Å². The third-order valence-corrected chi connectivity index (χ3v) is 8.34. The standard InChI is InChI=1S/C36H29F2N3O6/c1-41-28-11-5-3-8-25(28)33(42)31(35(41)43)30(26-9-6-12-29-34(26)46-16-15-45-29)32-24(23-7-2-4-10-27(23)40-32)13-14-47-36(44)39-22-18-20(37)17-21(38)19-22/h2-12,17-19,30,40,42H,13-16H2,1H3,(H,39,44). The van der Waals surface area contributed by atoms with Crippen molar-refractivity contribution in [2.75, 3.05) is 25.1 Å². The van der Waals surface area contributed by atoms with Gasteiger partial charge in [-0.15, -0.1) is 0 Å². The Kier molecular flexibility index (Phi) is 7.72. The number of aromatic amines is 1. The minimum Gasteiger partial charge on any atom is -0.507 e. The molecule has 9 nitrogen and oxygen atoms in total. The van der Waals surface area contributed by atoms with Crippen molar-refractivity contribution in [2.45, 2.75) is 12.3 Å². The fraction of sp³-hybridized carbons (Fsp3) is 0.167. The number of aryl methyl sites for hydroxylation is 1. The number of carbonyl (C=O) groups excluding carboxylic acids is 1. The fourth-order valence-corrected chi connectivity index (χ4v) is 6.30. The van der Waals surface area contributed by atoms with Crippen molar-refractivity contribution in [1.82, 2.24) is 9.55 Å². The number of hydrogen-bond donors (Lipinski definition) is 3. The van der Waals surface area contributed by atoms with E-state index in [2.05, 4.69) is 10.3 Å². The van der Waals surface area contributed by atoms with Gasteiger partial charge in [0.1, 0.15) is 30.6 Å². The minimum atomic E-state index is -0.892. The molecule has 1 amide bonds. The second-order valence-corrected chi connectivity index (χ2v) is 11.2. The van der Waals surface area contributed by atoms with Crippen LogP contribution in [0.25, 0.3) is 21.8 Å². The van der Waals surface area contributed by atoms with Crippen molar-refractivity contribution < 1.29 is 32.9 Å². The first kappa shape index (κ1) is 29.8. The molecule has 6 aromatic rings. The number of para-hydroxylation sites is 3. The van der Waals surface area contributed by atoms with E-state index >= 15 is 0 Å². The largest absolute Gasteiger partial charge is 0.507 e. The van der Waals surface area contributed by atoms with Crippen LogP contribution in [0.15, 0.2) is 89.7 Å². The average Bonchev–Trinajstić information content (AvgIpc) is 3.43. The minimum absolute atomic E-state index is 0.0842. The predicted molar refractivity (Wildman–Crippen MR) is 173 cm³/mol. The highest BCUT2D eigenvalue weighted by atomic mass is 19.1. The fourth-order valence-electron chi connectivity index (χ4n) is 6.30. The van der Waals surface area contributed by atoms with Crippen molar-refractivity contribution in [3.8, 4) is 17.2 Å². The predicted octanol–water partition coefficient (Wildman–Crippen LogP) is 6.75. The maximum Gasteiger partial charge on any atom is 0.411 e. The van der Waals surface area contributed by atoms with Crippen LogP contribution in [0.3, 0.4) is 0 Å². The van der Waals surface area contributed by atoms with Gasteiger partial charge >= 0.3 is 6.09 Å². The first-order valence-electron chi connectivity index (χ1n) is 15.0. The summed E-state index contributed by atoms with van der Waals surface area (Å²) in [6, 6.07) is 22.8. The van der Waals surface area contributed by atoms with E-state index in [0.29, 0.717) is 52.9 Å². The van der Waals surface area contributed by atoms with Gasteiger partial charge in [0.15, 0.2) is 11.5 Å². The third kappa shape index (κ3) is 5.50. The van der Waals surface area contributed by atoms with Crippen molar-refractivity contribution in [1.29, 1.82) is 0 Å². The summed E-state index contributed by atoms with van der Waals surface area (Å²) in [4.78, 5) is 30.3.